The summed E-state index contributed by atoms with van der Waals surface area (Å²) in [7, 11) is 5.88. The van der Waals surface area contributed by atoms with Crippen molar-refractivity contribution >= 4 is 25.4 Å². The number of carbonyl (C=O) groups is 2. The second-order valence-electron chi connectivity index (χ2n) is 10.4. The molecular weight excluding hydrogens is 494 g/mol. The molecule has 0 N–H and O–H groups in total. The molecule has 1 atom stereocenters. The van der Waals surface area contributed by atoms with E-state index in [2.05, 4.69) is 17.1 Å². The number of rotatable bonds is 6. The lowest BCUT2D eigenvalue weighted by Crippen LogP contribution is -2.36. The van der Waals surface area contributed by atoms with Gasteiger partial charge in [0.25, 0.3) is 5.91 Å². The fraction of sp³-hybridized carbons (Fsp3) is 0.367. The van der Waals surface area contributed by atoms with Crippen molar-refractivity contribution in [2.75, 3.05) is 19.7 Å². The van der Waals surface area contributed by atoms with Gasteiger partial charge in [0.1, 0.15) is 5.82 Å². The van der Waals surface area contributed by atoms with Crippen molar-refractivity contribution in [3.63, 3.8) is 0 Å². The number of benzene rings is 2. The van der Waals surface area contributed by atoms with Crippen LogP contribution in [-0.2, 0) is 29.0 Å². The largest absolute Gasteiger partial charge is 0.464 e. The van der Waals surface area contributed by atoms with Gasteiger partial charge in [0.05, 0.1) is 25.2 Å². The van der Waals surface area contributed by atoms with Crippen LogP contribution in [0.3, 0.4) is 0 Å². The molecule has 1 aromatic heterocycles. The van der Waals surface area contributed by atoms with Crippen molar-refractivity contribution in [1.29, 1.82) is 0 Å². The van der Waals surface area contributed by atoms with Gasteiger partial charge in [-0.2, -0.15) is 0 Å². The first-order chi connectivity index (χ1) is 18.9. The third-order valence-electron chi connectivity index (χ3n) is 8.04. The lowest BCUT2D eigenvalue weighted by Gasteiger charge is -2.25. The van der Waals surface area contributed by atoms with Crippen molar-refractivity contribution in [2.24, 2.45) is 0 Å². The summed E-state index contributed by atoms with van der Waals surface area (Å²) in [6.45, 7) is 6.22. The first-order valence-corrected chi connectivity index (χ1v) is 13.5. The normalized spacial score (nSPS) is 17.7. The number of imidazole rings is 1. The van der Waals surface area contributed by atoms with Crippen LogP contribution in [0.5, 0.6) is 0 Å². The predicted molar refractivity (Wildman–Crippen MR) is 146 cm³/mol. The number of esters is 1. The molecule has 39 heavy (non-hydrogen) atoms. The minimum atomic E-state index is -1.02. The van der Waals surface area contributed by atoms with Crippen LogP contribution in [0.4, 0.5) is 4.39 Å². The van der Waals surface area contributed by atoms with Crippen molar-refractivity contribution in [2.45, 2.75) is 52.2 Å². The standard InChI is InChI=1S/C30H30BFN4O3/c1-3-39-30(38)28(27-26-5-4-10-34(26)17-33-27)36-16-24-23(29(36)37)14-21(15-25(24)32)22-7-6-20(13-18(22)2)19-8-11-35(31)12-9-19/h6-8,13-15,17,28H,3-5,9-12,16H2,1-2H3. The highest BCUT2D eigenvalue weighted by Gasteiger charge is 2.42. The van der Waals surface area contributed by atoms with E-state index in [0.717, 1.165) is 54.7 Å². The maximum absolute atomic E-state index is 15.6. The lowest BCUT2D eigenvalue weighted by atomic mass is 9.91. The summed E-state index contributed by atoms with van der Waals surface area (Å²) < 4.78 is 22.9. The molecule has 6 rings (SSSR count). The van der Waals surface area contributed by atoms with E-state index in [4.69, 9.17) is 12.7 Å². The summed E-state index contributed by atoms with van der Waals surface area (Å²) in [6.07, 6.45) is 6.44. The number of aryl methyl sites for hydroxylation is 2. The van der Waals surface area contributed by atoms with E-state index in [-0.39, 0.29) is 18.7 Å². The molecule has 7 nitrogen and oxygen atoms in total. The zero-order valence-electron chi connectivity index (χ0n) is 22.2. The second-order valence-corrected chi connectivity index (χ2v) is 10.4. The van der Waals surface area contributed by atoms with Gasteiger partial charge in [0, 0.05) is 29.9 Å². The minimum Gasteiger partial charge on any atom is -0.464 e. The third kappa shape index (κ3) is 4.48. The summed E-state index contributed by atoms with van der Waals surface area (Å²) in [5.74, 6) is -1.40. The Morgan fingerprint density at radius 3 is 2.74 bits per heavy atom. The Hall–Kier alpha value is -3.72. The zero-order valence-corrected chi connectivity index (χ0v) is 22.2. The molecule has 9 heteroatoms. The smallest absolute Gasteiger partial charge is 0.335 e. The number of nitrogens with zero attached hydrogens (tertiary/aromatic N) is 4. The van der Waals surface area contributed by atoms with Gasteiger partial charge in [0.2, 0.25) is 0 Å². The molecule has 2 radical (unpaired) electrons. The number of hydrogen-bond donors (Lipinski definition) is 0. The number of hydrogen-bond acceptors (Lipinski definition) is 5. The SMILES string of the molecule is [B]N1CC=C(c2ccc(-c3cc(F)c4c(c3)C(=O)N(C(C(=O)OCC)c3ncn5c3CCC5)C4)c(C)c2)CC1. The van der Waals surface area contributed by atoms with Gasteiger partial charge >= 0.3 is 5.97 Å². The highest BCUT2D eigenvalue weighted by molar-refractivity contribution is 6.04. The molecule has 4 heterocycles. The number of amides is 1. The molecule has 1 unspecified atom stereocenters. The van der Waals surface area contributed by atoms with Crippen molar-refractivity contribution in [1.82, 2.24) is 19.3 Å². The van der Waals surface area contributed by atoms with Crippen molar-refractivity contribution < 1.29 is 18.7 Å². The maximum atomic E-state index is 15.6. The minimum absolute atomic E-state index is 0.0136. The topological polar surface area (TPSA) is 67.7 Å². The van der Waals surface area contributed by atoms with Gasteiger partial charge in [-0.05, 0) is 79.6 Å². The van der Waals surface area contributed by atoms with Gasteiger partial charge in [-0.1, -0.05) is 24.3 Å². The van der Waals surface area contributed by atoms with Crippen LogP contribution in [-0.4, -0.2) is 58.8 Å². The van der Waals surface area contributed by atoms with E-state index < -0.39 is 23.7 Å². The molecule has 0 saturated heterocycles. The lowest BCUT2D eigenvalue weighted by molar-refractivity contribution is -0.149. The van der Waals surface area contributed by atoms with Crippen LogP contribution in [0.15, 0.2) is 42.7 Å². The van der Waals surface area contributed by atoms with E-state index in [1.807, 2.05) is 23.6 Å². The molecule has 0 saturated carbocycles. The molecule has 0 spiro atoms. The Morgan fingerprint density at radius 1 is 1.15 bits per heavy atom. The van der Waals surface area contributed by atoms with E-state index in [1.54, 1.807) is 24.1 Å². The molecule has 198 valence electrons. The first kappa shape index (κ1) is 25.6. The van der Waals surface area contributed by atoms with Crippen molar-refractivity contribution in [3.05, 3.63) is 82.2 Å². The summed E-state index contributed by atoms with van der Waals surface area (Å²) in [4.78, 5) is 34.6. The van der Waals surface area contributed by atoms with Crippen LogP contribution in [0.25, 0.3) is 16.7 Å². The third-order valence-corrected chi connectivity index (χ3v) is 8.04. The van der Waals surface area contributed by atoms with Gasteiger partial charge < -0.3 is 19.0 Å². The monoisotopic (exact) mass is 524 g/mol. The van der Waals surface area contributed by atoms with Crippen LogP contribution < -0.4 is 0 Å². The van der Waals surface area contributed by atoms with Crippen molar-refractivity contribution in [3.8, 4) is 11.1 Å². The average molecular weight is 524 g/mol. The van der Waals surface area contributed by atoms with E-state index in [1.165, 1.54) is 16.5 Å². The first-order valence-electron chi connectivity index (χ1n) is 13.5. The molecule has 1 amide bonds. The Balaban J connectivity index is 1.34. The van der Waals surface area contributed by atoms with Crippen LogP contribution in [0, 0.1) is 12.7 Å². The highest BCUT2D eigenvalue weighted by Crippen LogP contribution is 2.38. The van der Waals surface area contributed by atoms with Crippen LogP contribution >= 0.6 is 0 Å². The number of halogens is 1. The predicted octanol–water partition coefficient (Wildman–Crippen LogP) is 4.38. The number of ether oxygens (including phenoxy) is 1. The maximum Gasteiger partial charge on any atom is 0.335 e. The molecule has 0 bridgehead atoms. The van der Waals surface area contributed by atoms with Crippen LogP contribution in [0.1, 0.15) is 64.2 Å². The zero-order chi connectivity index (χ0) is 27.3. The Morgan fingerprint density at radius 2 is 2.00 bits per heavy atom. The molecule has 3 aliphatic heterocycles. The molecule has 0 aliphatic carbocycles. The molecule has 3 aliphatic rings. The van der Waals surface area contributed by atoms with Gasteiger partial charge in [-0.25, -0.2) is 14.2 Å². The average Bonchev–Trinajstić information content (AvgIpc) is 3.62. The summed E-state index contributed by atoms with van der Waals surface area (Å²) in [6, 6.07) is 8.33. The quantitative estimate of drug-likeness (QED) is 0.354. The highest BCUT2D eigenvalue weighted by atomic mass is 19.1. The molecule has 2 aromatic carbocycles. The van der Waals surface area contributed by atoms with E-state index in [9.17, 15) is 9.59 Å². The van der Waals surface area contributed by atoms with Gasteiger partial charge in [0.15, 0.2) is 14.0 Å². The Labute approximate surface area is 228 Å². The summed E-state index contributed by atoms with van der Waals surface area (Å²) >= 11 is 0. The van der Waals surface area contributed by atoms with E-state index in [0.29, 0.717) is 23.4 Å². The number of fused-ring (bicyclic) bond motifs is 2. The van der Waals surface area contributed by atoms with Gasteiger partial charge in [-0.3, -0.25) is 4.79 Å². The van der Waals surface area contributed by atoms with Gasteiger partial charge in [-0.15, -0.1) is 0 Å². The molecular formula is C30H30BFN4O3. The van der Waals surface area contributed by atoms with Crippen LogP contribution in [0.2, 0.25) is 0 Å². The summed E-state index contributed by atoms with van der Waals surface area (Å²) in [5, 5.41) is 0. The fourth-order valence-electron chi connectivity index (χ4n) is 6.02. The Kier molecular flexibility index (Phi) is 6.63. The number of aromatic nitrogens is 2. The second kappa shape index (κ2) is 10.1. The molecule has 3 aromatic rings. The molecule has 0 fully saturated rings. The Bertz CT molecular complexity index is 1510. The van der Waals surface area contributed by atoms with E-state index >= 15 is 4.39 Å². The fourth-order valence-corrected chi connectivity index (χ4v) is 6.02. The number of carbonyl (C=O) groups excluding carboxylic acids is 2. The summed E-state index contributed by atoms with van der Waals surface area (Å²) in [5.41, 5.74) is 6.87.